The maximum absolute atomic E-state index is 11.7. The highest BCUT2D eigenvalue weighted by atomic mass is 32.2. The van der Waals surface area contributed by atoms with Crippen molar-refractivity contribution in [2.75, 3.05) is 0 Å². The van der Waals surface area contributed by atoms with Crippen LogP contribution < -0.4 is 5.73 Å². The Bertz CT molecular complexity index is 758. The Morgan fingerprint density at radius 2 is 1.68 bits per heavy atom. The number of benzene rings is 2. The molecule has 0 fully saturated rings. The SMILES string of the molecule is NC(=O)C(Sc1ncn(-c2ccccc2)n1)c1ccccc1. The summed E-state index contributed by atoms with van der Waals surface area (Å²) in [6.07, 6.45) is 1.63. The molecule has 2 aromatic carbocycles. The Morgan fingerprint density at radius 1 is 1.05 bits per heavy atom. The fourth-order valence-corrected chi connectivity index (χ4v) is 2.89. The zero-order valence-electron chi connectivity index (χ0n) is 11.7. The van der Waals surface area contributed by atoms with E-state index in [0.29, 0.717) is 5.16 Å². The van der Waals surface area contributed by atoms with Gasteiger partial charge in [0.2, 0.25) is 11.1 Å². The van der Waals surface area contributed by atoms with Crippen LogP contribution in [0.5, 0.6) is 0 Å². The molecule has 110 valence electrons. The van der Waals surface area contributed by atoms with Gasteiger partial charge in [0.15, 0.2) is 0 Å². The van der Waals surface area contributed by atoms with Crippen LogP contribution in [0.15, 0.2) is 72.1 Å². The van der Waals surface area contributed by atoms with Crippen LogP contribution in [0.1, 0.15) is 10.8 Å². The number of nitrogens with two attached hydrogens (primary N) is 1. The van der Waals surface area contributed by atoms with Crippen molar-refractivity contribution in [3.63, 3.8) is 0 Å². The van der Waals surface area contributed by atoms with Gasteiger partial charge in [-0.3, -0.25) is 4.79 Å². The van der Waals surface area contributed by atoms with Crippen LogP contribution in [0, 0.1) is 0 Å². The lowest BCUT2D eigenvalue weighted by atomic mass is 10.1. The molecule has 5 nitrogen and oxygen atoms in total. The summed E-state index contributed by atoms with van der Waals surface area (Å²) in [4.78, 5) is 16.0. The van der Waals surface area contributed by atoms with Gasteiger partial charge in [-0.05, 0) is 17.7 Å². The van der Waals surface area contributed by atoms with Gasteiger partial charge in [-0.1, -0.05) is 60.3 Å². The van der Waals surface area contributed by atoms with Crippen LogP contribution in [-0.2, 0) is 4.79 Å². The summed E-state index contributed by atoms with van der Waals surface area (Å²) < 4.78 is 1.67. The van der Waals surface area contributed by atoms with Crippen LogP contribution in [0.3, 0.4) is 0 Å². The Hall–Kier alpha value is -2.60. The van der Waals surface area contributed by atoms with Crippen LogP contribution in [-0.4, -0.2) is 20.7 Å². The fourth-order valence-electron chi connectivity index (χ4n) is 2.03. The fraction of sp³-hybridized carbons (Fsp3) is 0.0625. The molecule has 0 aliphatic heterocycles. The van der Waals surface area contributed by atoms with Gasteiger partial charge in [-0.25, -0.2) is 9.67 Å². The molecule has 0 spiro atoms. The third-order valence-electron chi connectivity index (χ3n) is 3.08. The molecule has 6 heteroatoms. The minimum absolute atomic E-state index is 0.410. The number of carbonyl (C=O) groups is 1. The summed E-state index contributed by atoms with van der Waals surface area (Å²) in [5, 5.41) is 4.39. The number of rotatable bonds is 5. The van der Waals surface area contributed by atoms with Crippen molar-refractivity contribution in [3.05, 3.63) is 72.6 Å². The van der Waals surface area contributed by atoms with Crippen molar-refractivity contribution in [1.29, 1.82) is 0 Å². The summed E-state index contributed by atoms with van der Waals surface area (Å²) in [5.74, 6) is -0.410. The molecule has 1 amide bonds. The minimum Gasteiger partial charge on any atom is -0.368 e. The molecule has 2 N–H and O–H groups in total. The topological polar surface area (TPSA) is 73.8 Å². The van der Waals surface area contributed by atoms with E-state index < -0.39 is 11.2 Å². The van der Waals surface area contributed by atoms with Gasteiger partial charge in [-0.2, -0.15) is 0 Å². The third-order valence-corrected chi connectivity index (χ3v) is 4.21. The first-order chi connectivity index (χ1) is 10.7. The molecule has 1 aromatic heterocycles. The van der Waals surface area contributed by atoms with Crippen molar-refractivity contribution in [2.24, 2.45) is 5.73 Å². The summed E-state index contributed by atoms with van der Waals surface area (Å²) in [7, 11) is 0. The van der Waals surface area contributed by atoms with Gasteiger partial charge in [0, 0.05) is 0 Å². The number of aromatic nitrogens is 3. The normalized spacial score (nSPS) is 12.0. The number of amides is 1. The van der Waals surface area contributed by atoms with Crippen LogP contribution in [0.25, 0.3) is 5.69 Å². The van der Waals surface area contributed by atoms with Gasteiger partial charge in [0.25, 0.3) is 0 Å². The quantitative estimate of drug-likeness (QED) is 0.735. The molecule has 0 aliphatic rings. The number of carbonyl (C=O) groups excluding carboxylic acids is 1. The molecular formula is C16H14N4OS. The first kappa shape index (κ1) is 14.3. The Morgan fingerprint density at radius 3 is 2.32 bits per heavy atom. The zero-order valence-corrected chi connectivity index (χ0v) is 12.5. The molecule has 1 heterocycles. The first-order valence-corrected chi connectivity index (χ1v) is 7.60. The maximum Gasteiger partial charge on any atom is 0.235 e. The zero-order chi connectivity index (χ0) is 15.4. The second-order valence-corrected chi connectivity index (χ2v) is 5.69. The molecule has 0 saturated carbocycles. The molecule has 0 bridgehead atoms. The smallest absolute Gasteiger partial charge is 0.235 e. The van der Waals surface area contributed by atoms with Gasteiger partial charge < -0.3 is 5.73 Å². The van der Waals surface area contributed by atoms with E-state index in [2.05, 4.69) is 10.1 Å². The number of primary amides is 1. The maximum atomic E-state index is 11.7. The van der Waals surface area contributed by atoms with E-state index >= 15 is 0 Å². The van der Waals surface area contributed by atoms with E-state index in [1.165, 1.54) is 11.8 Å². The van der Waals surface area contributed by atoms with E-state index in [-0.39, 0.29) is 0 Å². The Labute approximate surface area is 132 Å². The van der Waals surface area contributed by atoms with Crippen molar-refractivity contribution >= 4 is 17.7 Å². The number of hydrogen-bond donors (Lipinski definition) is 1. The molecular weight excluding hydrogens is 296 g/mol. The lowest BCUT2D eigenvalue weighted by Crippen LogP contribution is -2.19. The van der Waals surface area contributed by atoms with Gasteiger partial charge in [0.1, 0.15) is 11.6 Å². The summed E-state index contributed by atoms with van der Waals surface area (Å²) in [6.45, 7) is 0. The van der Waals surface area contributed by atoms with E-state index in [0.717, 1.165) is 11.3 Å². The average Bonchev–Trinajstić information content (AvgIpc) is 3.03. The van der Waals surface area contributed by atoms with Gasteiger partial charge >= 0.3 is 0 Å². The highest BCUT2D eigenvalue weighted by Gasteiger charge is 2.21. The van der Waals surface area contributed by atoms with Crippen molar-refractivity contribution in [3.8, 4) is 5.69 Å². The van der Waals surface area contributed by atoms with Crippen LogP contribution in [0.2, 0.25) is 0 Å². The lowest BCUT2D eigenvalue weighted by Gasteiger charge is -2.10. The molecule has 0 radical (unpaired) electrons. The second kappa shape index (κ2) is 6.44. The van der Waals surface area contributed by atoms with Crippen molar-refractivity contribution in [2.45, 2.75) is 10.4 Å². The Balaban J connectivity index is 1.83. The second-order valence-electron chi connectivity index (χ2n) is 4.62. The van der Waals surface area contributed by atoms with E-state index in [9.17, 15) is 4.79 Å². The summed E-state index contributed by atoms with van der Waals surface area (Å²) >= 11 is 1.25. The first-order valence-electron chi connectivity index (χ1n) is 6.72. The number of thioether (sulfide) groups is 1. The molecule has 22 heavy (non-hydrogen) atoms. The number of para-hydroxylation sites is 1. The highest BCUT2D eigenvalue weighted by Crippen LogP contribution is 2.32. The van der Waals surface area contributed by atoms with Crippen LogP contribution in [0.4, 0.5) is 0 Å². The lowest BCUT2D eigenvalue weighted by molar-refractivity contribution is -0.117. The monoisotopic (exact) mass is 310 g/mol. The number of hydrogen-bond acceptors (Lipinski definition) is 4. The molecule has 0 saturated heterocycles. The predicted molar refractivity (Wildman–Crippen MR) is 85.6 cm³/mol. The standard InChI is InChI=1S/C16H14N4OS/c17-15(21)14(12-7-3-1-4-8-12)22-16-18-11-20(19-16)13-9-5-2-6-10-13/h1-11,14H,(H2,17,21). The van der Waals surface area contributed by atoms with Gasteiger partial charge in [0.05, 0.1) is 5.69 Å². The highest BCUT2D eigenvalue weighted by molar-refractivity contribution is 8.00. The van der Waals surface area contributed by atoms with E-state index in [4.69, 9.17) is 5.73 Å². The minimum atomic E-state index is -0.507. The van der Waals surface area contributed by atoms with Crippen molar-refractivity contribution < 1.29 is 4.79 Å². The Kier molecular flexibility index (Phi) is 4.20. The average molecular weight is 310 g/mol. The third kappa shape index (κ3) is 3.17. The summed E-state index contributed by atoms with van der Waals surface area (Å²) in [5.41, 5.74) is 7.27. The largest absolute Gasteiger partial charge is 0.368 e. The molecule has 1 unspecified atom stereocenters. The van der Waals surface area contributed by atoms with Crippen molar-refractivity contribution in [1.82, 2.24) is 14.8 Å². The molecule has 0 aliphatic carbocycles. The molecule has 3 rings (SSSR count). The van der Waals surface area contributed by atoms with E-state index in [1.807, 2.05) is 60.7 Å². The molecule has 1 atom stereocenters. The summed E-state index contributed by atoms with van der Waals surface area (Å²) in [6, 6.07) is 19.1. The van der Waals surface area contributed by atoms with E-state index in [1.54, 1.807) is 11.0 Å². The number of nitrogens with zero attached hydrogens (tertiary/aromatic N) is 3. The van der Waals surface area contributed by atoms with Crippen LogP contribution >= 0.6 is 11.8 Å². The predicted octanol–water partition coefficient (Wildman–Crippen LogP) is 2.59. The van der Waals surface area contributed by atoms with Gasteiger partial charge in [-0.15, -0.1) is 5.10 Å². The molecule has 3 aromatic rings.